The fraction of sp³-hybridized carbons (Fsp3) is 0.273. The molecule has 4 rings (SSSR count). The van der Waals surface area contributed by atoms with Crippen LogP contribution in [0.2, 0.25) is 0 Å². The van der Waals surface area contributed by atoms with Gasteiger partial charge in [-0.1, -0.05) is 12.1 Å². The molecule has 11 heteroatoms. The van der Waals surface area contributed by atoms with Gasteiger partial charge in [-0.15, -0.1) is 0 Å². The number of carbonyl (C=O) groups is 1. The Bertz CT molecular complexity index is 1470. The molecule has 174 valence electrons. The summed E-state index contributed by atoms with van der Waals surface area (Å²) in [4.78, 5) is 13.1. The standard InChI is InChI=1S/C22H24N4O5S2/c1-14-6-5-7-20(15(14)2)26-21(18-12-32(28,29)13-19(18)24-26)23-22(27)16-8-10-17(11-9-16)33(30,31)25(3)4/h5-11H,12-13H2,1-4H3,(H,23,27). The molecule has 1 aliphatic rings. The maximum Gasteiger partial charge on any atom is 0.256 e. The lowest BCUT2D eigenvalue weighted by Gasteiger charge is -2.15. The second-order valence-corrected chi connectivity index (χ2v) is 12.4. The molecular weight excluding hydrogens is 464 g/mol. The molecule has 0 bridgehead atoms. The maximum absolute atomic E-state index is 13.0. The molecule has 0 unspecified atom stereocenters. The van der Waals surface area contributed by atoms with Gasteiger partial charge in [0.05, 0.1) is 27.8 Å². The number of aromatic nitrogens is 2. The van der Waals surface area contributed by atoms with Crippen molar-refractivity contribution >= 4 is 31.6 Å². The number of carbonyl (C=O) groups excluding carboxylic acids is 1. The van der Waals surface area contributed by atoms with E-state index in [1.165, 1.54) is 38.4 Å². The number of amides is 1. The molecule has 0 aliphatic carbocycles. The van der Waals surface area contributed by atoms with Gasteiger partial charge in [0, 0.05) is 25.2 Å². The predicted octanol–water partition coefficient (Wildman–Crippen LogP) is 2.42. The van der Waals surface area contributed by atoms with Gasteiger partial charge in [0.25, 0.3) is 5.91 Å². The van der Waals surface area contributed by atoms with E-state index in [2.05, 4.69) is 10.4 Å². The first-order valence-electron chi connectivity index (χ1n) is 10.1. The summed E-state index contributed by atoms with van der Waals surface area (Å²) in [7, 11) is -4.09. The van der Waals surface area contributed by atoms with Crippen molar-refractivity contribution in [1.82, 2.24) is 14.1 Å². The van der Waals surface area contributed by atoms with Gasteiger partial charge in [0.15, 0.2) is 9.84 Å². The predicted molar refractivity (Wildman–Crippen MR) is 125 cm³/mol. The summed E-state index contributed by atoms with van der Waals surface area (Å²) >= 11 is 0. The largest absolute Gasteiger partial charge is 0.306 e. The Balaban J connectivity index is 1.73. The monoisotopic (exact) mass is 488 g/mol. The molecule has 0 spiro atoms. The van der Waals surface area contributed by atoms with Gasteiger partial charge >= 0.3 is 0 Å². The van der Waals surface area contributed by atoms with E-state index in [9.17, 15) is 21.6 Å². The Morgan fingerprint density at radius 1 is 1.06 bits per heavy atom. The van der Waals surface area contributed by atoms with Crippen LogP contribution in [0.4, 0.5) is 5.82 Å². The van der Waals surface area contributed by atoms with Crippen molar-refractivity contribution in [3.63, 3.8) is 0 Å². The molecule has 33 heavy (non-hydrogen) atoms. The number of rotatable bonds is 5. The number of nitrogens with zero attached hydrogens (tertiary/aromatic N) is 3. The van der Waals surface area contributed by atoms with Gasteiger partial charge in [0.1, 0.15) is 5.82 Å². The number of aryl methyl sites for hydroxylation is 1. The van der Waals surface area contributed by atoms with Crippen LogP contribution in [0.3, 0.4) is 0 Å². The Labute approximate surface area is 193 Å². The summed E-state index contributed by atoms with van der Waals surface area (Å²) in [6, 6.07) is 11.2. The molecule has 0 saturated heterocycles. The molecule has 0 atom stereocenters. The first kappa shape index (κ1) is 23.1. The zero-order valence-electron chi connectivity index (χ0n) is 18.7. The summed E-state index contributed by atoms with van der Waals surface area (Å²) < 4.78 is 51.6. The molecule has 9 nitrogen and oxygen atoms in total. The van der Waals surface area contributed by atoms with Crippen LogP contribution < -0.4 is 5.32 Å². The van der Waals surface area contributed by atoms with Crippen molar-refractivity contribution in [2.24, 2.45) is 0 Å². The van der Waals surface area contributed by atoms with Crippen molar-refractivity contribution in [2.75, 3.05) is 19.4 Å². The fourth-order valence-corrected chi connectivity index (χ4v) is 6.07. The summed E-state index contributed by atoms with van der Waals surface area (Å²) in [5.74, 6) is -0.583. The van der Waals surface area contributed by atoms with Crippen LogP contribution in [0.15, 0.2) is 47.4 Å². The number of sulfonamides is 1. The highest BCUT2D eigenvalue weighted by Crippen LogP contribution is 2.34. The number of sulfone groups is 1. The highest BCUT2D eigenvalue weighted by atomic mass is 32.2. The van der Waals surface area contributed by atoms with E-state index >= 15 is 0 Å². The number of fused-ring (bicyclic) bond motifs is 1. The van der Waals surface area contributed by atoms with Crippen molar-refractivity contribution in [3.8, 4) is 5.69 Å². The third-order valence-corrected chi connectivity index (χ3v) is 8.99. The summed E-state index contributed by atoms with van der Waals surface area (Å²) in [5.41, 5.74) is 3.84. The molecule has 1 aromatic heterocycles. The molecule has 0 saturated carbocycles. The molecule has 1 N–H and O–H groups in total. The molecule has 3 aromatic rings. The van der Waals surface area contributed by atoms with Gasteiger partial charge in [-0.2, -0.15) is 5.10 Å². The van der Waals surface area contributed by atoms with E-state index in [1.807, 2.05) is 32.0 Å². The number of hydrogen-bond acceptors (Lipinski definition) is 6. The number of benzene rings is 2. The van der Waals surface area contributed by atoms with Crippen LogP contribution in [-0.4, -0.2) is 50.9 Å². The van der Waals surface area contributed by atoms with Crippen LogP contribution in [0.5, 0.6) is 0 Å². The van der Waals surface area contributed by atoms with Crippen LogP contribution in [0.1, 0.15) is 32.7 Å². The molecule has 0 fully saturated rings. The fourth-order valence-electron chi connectivity index (χ4n) is 3.68. The van der Waals surface area contributed by atoms with Crippen LogP contribution in [0, 0.1) is 13.8 Å². The minimum Gasteiger partial charge on any atom is -0.306 e. The topological polar surface area (TPSA) is 118 Å². The number of anilines is 1. The Morgan fingerprint density at radius 3 is 2.36 bits per heavy atom. The van der Waals surface area contributed by atoms with E-state index in [1.54, 1.807) is 4.68 Å². The second kappa shape index (κ2) is 8.08. The molecule has 0 radical (unpaired) electrons. The lowest BCUT2D eigenvalue weighted by atomic mass is 10.1. The Hall–Kier alpha value is -3.02. The quantitative estimate of drug-likeness (QED) is 0.589. The minimum absolute atomic E-state index is 0.0662. The molecule has 1 amide bonds. The average Bonchev–Trinajstić information content (AvgIpc) is 3.22. The van der Waals surface area contributed by atoms with E-state index < -0.39 is 25.8 Å². The number of hydrogen-bond donors (Lipinski definition) is 1. The van der Waals surface area contributed by atoms with E-state index in [0.29, 0.717) is 17.1 Å². The van der Waals surface area contributed by atoms with Gasteiger partial charge < -0.3 is 5.32 Å². The smallest absolute Gasteiger partial charge is 0.256 e. The molecule has 2 heterocycles. The van der Waals surface area contributed by atoms with Crippen LogP contribution in [0.25, 0.3) is 5.69 Å². The van der Waals surface area contributed by atoms with Gasteiger partial charge in [-0.3, -0.25) is 4.79 Å². The van der Waals surface area contributed by atoms with E-state index in [-0.39, 0.29) is 22.0 Å². The minimum atomic E-state index is -3.62. The van der Waals surface area contributed by atoms with E-state index in [4.69, 9.17) is 0 Å². The second-order valence-electron chi connectivity index (χ2n) is 8.20. The SMILES string of the molecule is Cc1cccc(-n2nc3c(c2NC(=O)c2ccc(S(=O)(=O)N(C)C)cc2)CS(=O)(=O)C3)c1C. The zero-order chi connectivity index (χ0) is 24.1. The third-order valence-electron chi connectivity index (χ3n) is 5.72. The van der Waals surface area contributed by atoms with Gasteiger partial charge in [-0.05, 0) is 55.3 Å². The Morgan fingerprint density at radius 2 is 1.73 bits per heavy atom. The average molecular weight is 489 g/mol. The highest BCUT2D eigenvalue weighted by molar-refractivity contribution is 7.90. The molecule has 2 aromatic carbocycles. The van der Waals surface area contributed by atoms with Crippen molar-refractivity contribution in [2.45, 2.75) is 30.2 Å². The van der Waals surface area contributed by atoms with Gasteiger partial charge in [-0.25, -0.2) is 25.8 Å². The summed E-state index contributed by atoms with van der Waals surface area (Å²) in [5, 5.41) is 7.32. The Kier molecular flexibility index (Phi) is 5.67. The first-order chi connectivity index (χ1) is 15.4. The van der Waals surface area contributed by atoms with Crippen molar-refractivity contribution < 1.29 is 21.6 Å². The lowest BCUT2D eigenvalue weighted by molar-refractivity contribution is 0.102. The van der Waals surface area contributed by atoms with Crippen molar-refractivity contribution in [1.29, 1.82) is 0 Å². The highest BCUT2D eigenvalue weighted by Gasteiger charge is 2.33. The summed E-state index contributed by atoms with van der Waals surface area (Å²) in [6.45, 7) is 3.89. The van der Waals surface area contributed by atoms with Crippen molar-refractivity contribution in [3.05, 3.63) is 70.4 Å². The van der Waals surface area contributed by atoms with Crippen LogP contribution in [-0.2, 0) is 31.4 Å². The first-order valence-corrected chi connectivity index (χ1v) is 13.4. The zero-order valence-corrected chi connectivity index (χ0v) is 20.3. The van der Waals surface area contributed by atoms with Crippen LogP contribution >= 0.6 is 0 Å². The summed E-state index contributed by atoms with van der Waals surface area (Å²) in [6.07, 6.45) is 0. The molecular formula is C22H24N4O5S2. The number of nitrogens with one attached hydrogen (secondary N) is 1. The third kappa shape index (κ3) is 4.19. The van der Waals surface area contributed by atoms with E-state index in [0.717, 1.165) is 21.1 Å². The van der Waals surface area contributed by atoms with Gasteiger partial charge in [0.2, 0.25) is 10.0 Å². The normalized spacial score (nSPS) is 14.9. The lowest BCUT2D eigenvalue weighted by Crippen LogP contribution is -2.22. The maximum atomic E-state index is 13.0. The molecule has 1 aliphatic heterocycles.